The van der Waals surface area contributed by atoms with Crippen LogP contribution in [0.1, 0.15) is 5.56 Å². The van der Waals surface area contributed by atoms with Crippen LogP contribution in [0.25, 0.3) is 27.8 Å². The summed E-state index contributed by atoms with van der Waals surface area (Å²) in [5.41, 5.74) is 5.09. The minimum absolute atomic E-state index is 0.259. The van der Waals surface area contributed by atoms with Crippen LogP contribution in [-0.4, -0.2) is 19.9 Å². The van der Waals surface area contributed by atoms with Crippen molar-refractivity contribution >= 4 is 11.0 Å². The first-order valence-electron chi connectivity index (χ1n) is 7.41. The lowest BCUT2D eigenvalue weighted by molar-refractivity contribution is 0.475. The predicted octanol–water partition coefficient (Wildman–Crippen LogP) is 4.10. The Morgan fingerprint density at radius 2 is 1.65 bits per heavy atom. The van der Waals surface area contributed by atoms with Crippen LogP contribution in [0.2, 0.25) is 0 Å². The third-order valence-electron chi connectivity index (χ3n) is 3.93. The van der Waals surface area contributed by atoms with Gasteiger partial charge in [-0.2, -0.15) is 5.10 Å². The topological polar surface area (TPSA) is 50.9 Å². The van der Waals surface area contributed by atoms with E-state index in [0.717, 1.165) is 27.8 Å². The molecule has 0 bridgehead atoms. The average Bonchev–Trinajstić information content (AvgIpc) is 3.00. The lowest BCUT2D eigenvalue weighted by Crippen LogP contribution is -1.97. The fourth-order valence-corrected chi connectivity index (χ4v) is 2.70. The fourth-order valence-electron chi connectivity index (χ4n) is 2.70. The molecule has 1 N–H and O–H groups in total. The Hall–Kier alpha value is -3.14. The van der Waals surface area contributed by atoms with Crippen LogP contribution in [0, 0.1) is 6.92 Å². The summed E-state index contributed by atoms with van der Waals surface area (Å²) in [6, 6.07) is 17.3. The quantitative estimate of drug-likeness (QED) is 0.606. The summed E-state index contributed by atoms with van der Waals surface area (Å²) in [5.74, 6) is 0.259. The van der Waals surface area contributed by atoms with E-state index in [2.05, 4.69) is 29.1 Å². The summed E-state index contributed by atoms with van der Waals surface area (Å²) < 4.78 is 1.85. The van der Waals surface area contributed by atoms with Gasteiger partial charge in [0.05, 0.1) is 11.9 Å². The summed E-state index contributed by atoms with van der Waals surface area (Å²) in [4.78, 5) is 4.49. The summed E-state index contributed by atoms with van der Waals surface area (Å²) in [6.07, 6.45) is 3.63. The zero-order valence-electron chi connectivity index (χ0n) is 12.6. The molecular formula is C19H15N3O. The summed E-state index contributed by atoms with van der Waals surface area (Å²) in [7, 11) is 0. The van der Waals surface area contributed by atoms with Crippen molar-refractivity contribution in [2.24, 2.45) is 0 Å². The van der Waals surface area contributed by atoms with Gasteiger partial charge in [-0.15, -0.1) is 0 Å². The molecule has 0 saturated heterocycles. The van der Waals surface area contributed by atoms with Gasteiger partial charge in [0.25, 0.3) is 0 Å². The molecule has 0 radical (unpaired) electrons. The molecule has 2 aromatic carbocycles. The van der Waals surface area contributed by atoms with E-state index in [1.807, 2.05) is 41.2 Å². The Bertz CT molecular complexity index is 970. The number of fused-ring (bicyclic) bond motifs is 1. The van der Waals surface area contributed by atoms with Crippen LogP contribution < -0.4 is 0 Å². The Balaban J connectivity index is 1.89. The van der Waals surface area contributed by atoms with Crippen molar-refractivity contribution < 1.29 is 5.11 Å². The molecular weight excluding hydrogens is 286 g/mol. The summed E-state index contributed by atoms with van der Waals surface area (Å²) >= 11 is 0. The molecule has 112 valence electrons. The molecule has 4 nitrogen and oxygen atoms in total. The van der Waals surface area contributed by atoms with Crippen LogP contribution in [0.5, 0.6) is 5.75 Å². The molecule has 4 rings (SSSR count). The molecule has 2 aromatic heterocycles. The molecule has 0 amide bonds. The van der Waals surface area contributed by atoms with E-state index in [4.69, 9.17) is 0 Å². The molecule has 23 heavy (non-hydrogen) atoms. The number of aryl methyl sites for hydroxylation is 1. The van der Waals surface area contributed by atoms with E-state index in [0.29, 0.717) is 0 Å². The zero-order valence-corrected chi connectivity index (χ0v) is 12.6. The number of aromatic hydroxyl groups is 1. The van der Waals surface area contributed by atoms with E-state index >= 15 is 0 Å². The summed E-state index contributed by atoms with van der Waals surface area (Å²) in [6.45, 7) is 2.06. The number of aromatic nitrogens is 3. The number of hydrogen-bond acceptors (Lipinski definition) is 3. The highest BCUT2D eigenvalue weighted by atomic mass is 16.3. The largest absolute Gasteiger partial charge is 0.508 e. The lowest BCUT2D eigenvalue weighted by Gasteiger charge is -2.06. The number of phenols is 1. The molecule has 0 unspecified atom stereocenters. The van der Waals surface area contributed by atoms with Crippen molar-refractivity contribution in [1.82, 2.24) is 14.8 Å². The van der Waals surface area contributed by atoms with E-state index in [9.17, 15) is 5.11 Å². The van der Waals surface area contributed by atoms with Gasteiger partial charge in [-0.25, -0.2) is 9.67 Å². The lowest BCUT2D eigenvalue weighted by atomic mass is 10.0. The highest BCUT2D eigenvalue weighted by molar-refractivity contribution is 5.93. The number of phenolic OH excluding ortho intramolecular Hbond substituents is 1. The van der Waals surface area contributed by atoms with Crippen LogP contribution in [0.4, 0.5) is 0 Å². The Morgan fingerprint density at radius 3 is 2.39 bits per heavy atom. The highest BCUT2D eigenvalue weighted by Crippen LogP contribution is 2.29. The van der Waals surface area contributed by atoms with Gasteiger partial charge in [-0.05, 0) is 48.4 Å². The van der Waals surface area contributed by atoms with E-state index in [1.54, 1.807) is 18.3 Å². The standard InChI is InChI=1S/C19H15N3O/c1-13-2-6-15(7-3-13)22-19-18(12-21-22)17(10-11-20-19)14-4-8-16(23)9-5-14/h2-12,23H,1H3. The molecule has 0 aliphatic carbocycles. The minimum Gasteiger partial charge on any atom is -0.508 e. The highest BCUT2D eigenvalue weighted by Gasteiger charge is 2.11. The van der Waals surface area contributed by atoms with E-state index < -0.39 is 0 Å². The van der Waals surface area contributed by atoms with Gasteiger partial charge in [0, 0.05) is 11.6 Å². The second-order valence-corrected chi connectivity index (χ2v) is 5.53. The second kappa shape index (κ2) is 5.25. The maximum atomic E-state index is 9.46. The Morgan fingerprint density at radius 1 is 0.913 bits per heavy atom. The number of rotatable bonds is 2. The van der Waals surface area contributed by atoms with Gasteiger partial charge in [-0.1, -0.05) is 29.8 Å². The van der Waals surface area contributed by atoms with E-state index in [1.165, 1.54) is 5.56 Å². The first kappa shape index (κ1) is 13.5. The molecule has 0 aliphatic heterocycles. The average molecular weight is 301 g/mol. The van der Waals surface area contributed by atoms with Crippen LogP contribution in [-0.2, 0) is 0 Å². The first-order chi connectivity index (χ1) is 11.2. The van der Waals surface area contributed by atoms with Gasteiger partial charge in [-0.3, -0.25) is 0 Å². The van der Waals surface area contributed by atoms with Gasteiger partial charge in [0.2, 0.25) is 0 Å². The molecule has 2 heterocycles. The monoisotopic (exact) mass is 301 g/mol. The molecule has 0 fully saturated rings. The first-order valence-corrected chi connectivity index (χ1v) is 7.41. The number of nitrogens with zero attached hydrogens (tertiary/aromatic N) is 3. The molecule has 0 aliphatic rings. The van der Waals surface area contributed by atoms with Crippen molar-refractivity contribution in [3.63, 3.8) is 0 Å². The van der Waals surface area contributed by atoms with Crippen molar-refractivity contribution in [2.45, 2.75) is 6.92 Å². The Labute approximate surface area is 133 Å². The third-order valence-corrected chi connectivity index (χ3v) is 3.93. The summed E-state index contributed by atoms with van der Waals surface area (Å²) in [5, 5.41) is 15.0. The van der Waals surface area contributed by atoms with Gasteiger partial charge >= 0.3 is 0 Å². The third kappa shape index (κ3) is 2.34. The number of pyridine rings is 1. The Kier molecular flexibility index (Phi) is 3.08. The van der Waals surface area contributed by atoms with Gasteiger partial charge in [0.1, 0.15) is 5.75 Å². The zero-order chi connectivity index (χ0) is 15.8. The normalized spacial score (nSPS) is 11.0. The van der Waals surface area contributed by atoms with Crippen molar-refractivity contribution in [1.29, 1.82) is 0 Å². The molecule has 0 spiro atoms. The van der Waals surface area contributed by atoms with Crippen LogP contribution in [0.15, 0.2) is 67.0 Å². The maximum absolute atomic E-state index is 9.46. The van der Waals surface area contributed by atoms with Crippen molar-refractivity contribution in [3.8, 4) is 22.6 Å². The molecule has 0 saturated carbocycles. The number of hydrogen-bond donors (Lipinski definition) is 1. The predicted molar refractivity (Wildman–Crippen MR) is 90.7 cm³/mol. The van der Waals surface area contributed by atoms with Crippen molar-refractivity contribution in [2.75, 3.05) is 0 Å². The van der Waals surface area contributed by atoms with Crippen LogP contribution >= 0.6 is 0 Å². The molecule has 4 heteroatoms. The second-order valence-electron chi connectivity index (χ2n) is 5.53. The molecule has 4 aromatic rings. The number of benzene rings is 2. The van der Waals surface area contributed by atoms with Crippen LogP contribution in [0.3, 0.4) is 0 Å². The van der Waals surface area contributed by atoms with Gasteiger partial charge < -0.3 is 5.11 Å². The van der Waals surface area contributed by atoms with Crippen molar-refractivity contribution in [3.05, 3.63) is 72.6 Å². The van der Waals surface area contributed by atoms with Gasteiger partial charge in [0.15, 0.2) is 5.65 Å². The smallest absolute Gasteiger partial charge is 0.163 e. The minimum atomic E-state index is 0.259. The van der Waals surface area contributed by atoms with E-state index in [-0.39, 0.29) is 5.75 Å². The maximum Gasteiger partial charge on any atom is 0.163 e. The fraction of sp³-hybridized carbons (Fsp3) is 0.0526. The SMILES string of the molecule is Cc1ccc(-n2ncc3c(-c4ccc(O)cc4)ccnc32)cc1. The molecule has 0 atom stereocenters.